The molecule has 0 spiro atoms. The first kappa shape index (κ1) is 18.6. The summed E-state index contributed by atoms with van der Waals surface area (Å²) in [7, 11) is 0. The normalized spacial score (nSPS) is 11.0. The van der Waals surface area contributed by atoms with Crippen LogP contribution < -0.4 is 0 Å². The van der Waals surface area contributed by atoms with Gasteiger partial charge in [-0.1, -0.05) is 48.3 Å². The minimum absolute atomic E-state index is 0.00266. The number of amides is 1. The van der Waals surface area contributed by atoms with Crippen LogP contribution in [0.25, 0.3) is 11.4 Å². The zero-order chi connectivity index (χ0) is 17.5. The molecule has 1 amide bonds. The highest BCUT2D eigenvalue weighted by molar-refractivity contribution is 9.10. The first-order valence-electron chi connectivity index (χ1n) is 8.38. The number of rotatable bonds is 8. The number of carbonyl (C=O) groups excluding carboxylic acids is 1. The summed E-state index contributed by atoms with van der Waals surface area (Å²) in [5.41, 5.74) is 0.911. The van der Waals surface area contributed by atoms with E-state index >= 15 is 0 Å². The average Bonchev–Trinajstić information content (AvgIpc) is 3.04. The molecular weight excluding hydrogens is 370 g/mol. The summed E-state index contributed by atoms with van der Waals surface area (Å²) in [5, 5.41) is 4.03. The smallest absolute Gasteiger partial charge is 0.228 e. The van der Waals surface area contributed by atoms with E-state index in [0.717, 1.165) is 29.4 Å². The molecule has 0 aliphatic carbocycles. The fourth-order valence-electron chi connectivity index (χ4n) is 2.35. The van der Waals surface area contributed by atoms with Crippen LogP contribution in [0, 0.1) is 5.92 Å². The van der Waals surface area contributed by atoms with Gasteiger partial charge in [-0.25, -0.2) is 0 Å². The number of aromatic nitrogens is 2. The third-order valence-corrected chi connectivity index (χ3v) is 4.28. The van der Waals surface area contributed by atoms with Gasteiger partial charge in [-0.05, 0) is 30.7 Å². The zero-order valence-corrected chi connectivity index (χ0v) is 16.0. The van der Waals surface area contributed by atoms with Crippen LogP contribution >= 0.6 is 15.9 Å². The van der Waals surface area contributed by atoms with Crippen molar-refractivity contribution in [2.24, 2.45) is 5.92 Å². The van der Waals surface area contributed by atoms with Gasteiger partial charge in [0.15, 0.2) is 0 Å². The molecule has 0 N–H and O–H groups in total. The predicted molar refractivity (Wildman–Crippen MR) is 97.5 cm³/mol. The van der Waals surface area contributed by atoms with Crippen molar-refractivity contribution in [1.82, 2.24) is 15.0 Å². The van der Waals surface area contributed by atoms with Crippen molar-refractivity contribution in [3.63, 3.8) is 0 Å². The fraction of sp³-hybridized carbons (Fsp3) is 0.500. The highest BCUT2D eigenvalue weighted by Gasteiger charge is 2.18. The molecule has 0 radical (unpaired) electrons. The number of hydrogen-bond acceptors (Lipinski definition) is 4. The van der Waals surface area contributed by atoms with Crippen LogP contribution in [0.3, 0.4) is 0 Å². The summed E-state index contributed by atoms with van der Waals surface area (Å²) in [6.07, 6.45) is 2.65. The molecule has 0 aliphatic rings. The van der Waals surface area contributed by atoms with Crippen molar-refractivity contribution in [3.05, 3.63) is 34.6 Å². The van der Waals surface area contributed by atoms with Crippen LogP contribution in [-0.2, 0) is 11.2 Å². The van der Waals surface area contributed by atoms with Gasteiger partial charge in [0, 0.05) is 35.5 Å². The Hall–Kier alpha value is -1.69. The van der Waals surface area contributed by atoms with Crippen molar-refractivity contribution in [1.29, 1.82) is 0 Å². The van der Waals surface area contributed by atoms with Gasteiger partial charge in [0.25, 0.3) is 0 Å². The molecule has 0 aliphatic heterocycles. The number of unbranched alkanes of at least 4 members (excludes halogenated alkanes) is 1. The second-order valence-corrected chi connectivity index (χ2v) is 7.02. The van der Waals surface area contributed by atoms with Gasteiger partial charge in [0.1, 0.15) is 0 Å². The molecule has 24 heavy (non-hydrogen) atoms. The average molecular weight is 394 g/mol. The summed E-state index contributed by atoms with van der Waals surface area (Å²) >= 11 is 3.41. The Morgan fingerprint density at radius 3 is 2.58 bits per heavy atom. The van der Waals surface area contributed by atoms with Gasteiger partial charge in [0.2, 0.25) is 17.6 Å². The summed E-state index contributed by atoms with van der Waals surface area (Å²) < 4.78 is 6.34. The van der Waals surface area contributed by atoms with Crippen LogP contribution in [-0.4, -0.2) is 34.0 Å². The monoisotopic (exact) mass is 393 g/mol. The number of nitrogens with zero attached hydrogens (tertiary/aromatic N) is 3. The largest absolute Gasteiger partial charge is 0.342 e. The maximum Gasteiger partial charge on any atom is 0.228 e. The van der Waals surface area contributed by atoms with Gasteiger partial charge < -0.3 is 9.42 Å². The van der Waals surface area contributed by atoms with E-state index in [-0.39, 0.29) is 11.8 Å². The third-order valence-electron chi connectivity index (χ3n) is 3.75. The minimum Gasteiger partial charge on any atom is -0.342 e. The van der Waals surface area contributed by atoms with Crippen molar-refractivity contribution < 1.29 is 9.32 Å². The van der Waals surface area contributed by atoms with Crippen LogP contribution in [0.5, 0.6) is 0 Å². The second-order valence-electron chi connectivity index (χ2n) is 6.10. The molecule has 5 nitrogen and oxygen atoms in total. The van der Waals surface area contributed by atoms with E-state index in [2.05, 4.69) is 33.0 Å². The van der Waals surface area contributed by atoms with Crippen LogP contribution in [0.1, 0.15) is 39.5 Å². The molecule has 0 saturated heterocycles. The summed E-state index contributed by atoms with van der Waals surface area (Å²) in [6.45, 7) is 7.37. The highest BCUT2D eigenvalue weighted by Crippen LogP contribution is 2.19. The summed E-state index contributed by atoms with van der Waals surface area (Å²) in [5.74, 6) is 1.32. The molecule has 0 fully saturated rings. The lowest BCUT2D eigenvalue weighted by atomic mass is 10.1. The molecule has 0 bridgehead atoms. The van der Waals surface area contributed by atoms with Gasteiger partial charge in [0.05, 0.1) is 0 Å². The third kappa shape index (κ3) is 5.16. The van der Waals surface area contributed by atoms with Gasteiger partial charge in [-0.2, -0.15) is 4.98 Å². The lowest BCUT2D eigenvalue weighted by molar-refractivity contribution is -0.134. The Bertz CT molecular complexity index is 653. The van der Waals surface area contributed by atoms with Gasteiger partial charge in [-0.15, -0.1) is 0 Å². The molecule has 0 atom stereocenters. The molecule has 6 heteroatoms. The summed E-state index contributed by atoms with van der Waals surface area (Å²) in [4.78, 5) is 18.6. The Morgan fingerprint density at radius 2 is 1.96 bits per heavy atom. The van der Waals surface area contributed by atoms with Gasteiger partial charge >= 0.3 is 0 Å². The fourth-order valence-corrected chi connectivity index (χ4v) is 2.61. The molecule has 130 valence electrons. The van der Waals surface area contributed by atoms with E-state index in [0.29, 0.717) is 24.7 Å². The van der Waals surface area contributed by atoms with Crippen molar-refractivity contribution in [3.8, 4) is 11.4 Å². The maximum absolute atomic E-state index is 12.3. The van der Waals surface area contributed by atoms with E-state index in [4.69, 9.17) is 4.52 Å². The van der Waals surface area contributed by atoms with E-state index in [1.54, 1.807) is 0 Å². The van der Waals surface area contributed by atoms with Crippen molar-refractivity contribution in [2.75, 3.05) is 13.1 Å². The first-order valence-corrected chi connectivity index (χ1v) is 9.18. The van der Waals surface area contributed by atoms with E-state index in [1.807, 2.05) is 43.0 Å². The summed E-state index contributed by atoms with van der Waals surface area (Å²) in [6, 6.07) is 7.77. The zero-order valence-electron chi connectivity index (χ0n) is 14.5. The molecule has 1 aromatic heterocycles. The van der Waals surface area contributed by atoms with E-state index in [1.165, 1.54) is 0 Å². The van der Waals surface area contributed by atoms with Crippen molar-refractivity contribution in [2.45, 2.75) is 40.0 Å². The maximum atomic E-state index is 12.3. The highest BCUT2D eigenvalue weighted by atomic mass is 79.9. The Balaban J connectivity index is 1.99. The Labute approximate surface area is 151 Å². The van der Waals surface area contributed by atoms with E-state index < -0.39 is 0 Å². The molecule has 0 saturated carbocycles. The molecule has 2 rings (SSSR count). The predicted octanol–water partition coefficient (Wildman–Crippen LogP) is 4.33. The molecule has 1 aromatic carbocycles. The topological polar surface area (TPSA) is 59.2 Å². The van der Waals surface area contributed by atoms with Crippen LogP contribution in [0.2, 0.25) is 0 Å². The molecule has 2 aromatic rings. The lowest BCUT2D eigenvalue weighted by Crippen LogP contribution is -2.36. The lowest BCUT2D eigenvalue weighted by Gasteiger charge is -2.23. The van der Waals surface area contributed by atoms with Crippen LogP contribution in [0.15, 0.2) is 33.3 Å². The Morgan fingerprint density at radius 1 is 1.25 bits per heavy atom. The van der Waals surface area contributed by atoms with Gasteiger partial charge in [-0.3, -0.25) is 4.79 Å². The second kappa shape index (κ2) is 8.97. The standard InChI is InChI=1S/C18H24BrN3O2/c1-4-5-11-22(18(23)13(2)3)12-10-16-20-17(21-24-16)14-6-8-15(19)9-7-14/h6-9,13H,4-5,10-12H2,1-3H3. The number of halogens is 1. The van der Waals surface area contributed by atoms with Crippen LogP contribution in [0.4, 0.5) is 0 Å². The Kier molecular flexibility index (Phi) is 6.97. The molecule has 0 unspecified atom stereocenters. The number of benzene rings is 1. The number of carbonyl (C=O) groups is 1. The van der Waals surface area contributed by atoms with Crippen molar-refractivity contribution >= 4 is 21.8 Å². The van der Waals surface area contributed by atoms with E-state index in [9.17, 15) is 4.79 Å². The molecular formula is C18H24BrN3O2. The minimum atomic E-state index is 0.00266. The first-order chi connectivity index (χ1) is 11.5. The number of hydrogen-bond donors (Lipinski definition) is 0. The SMILES string of the molecule is CCCCN(CCc1nc(-c2ccc(Br)cc2)no1)C(=O)C(C)C. The molecule has 1 heterocycles. The quantitative estimate of drug-likeness (QED) is 0.669.